The molecule has 0 bridgehead atoms. The highest BCUT2D eigenvalue weighted by Gasteiger charge is 2.37. The van der Waals surface area contributed by atoms with Crippen molar-refractivity contribution in [2.45, 2.75) is 44.8 Å². The third kappa shape index (κ3) is 3.01. The minimum Gasteiger partial charge on any atom is -0.349 e. The molecule has 1 saturated heterocycles. The van der Waals surface area contributed by atoms with Crippen LogP contribution in [-0.2, 0) is 6.54 Å². The molecule has 1 aliphatic heterocycles. The van der Waals surface area contributed by atoms with Gasteiger partial charge in [-0.15, -0.1) is 11.3 Å². The van der Waals surface area contributed by atoms with Crippen molar-refractivity contribution in [1.29, 1.82) is 0 Å². The SMILES string of the molecule is Cc1ccc(CN2CCC(N(c3ccncn3)C3CC3)C2)s1. The van der Waals surface area contributed by atoms with E-state index in [0.29, 0.717) is 12.1 Å². The van der Waals surface area contributed by atoms with Crippen molar-refractivity contribution in [2.75, 3.05) is 18.0 Å². The first kappa shape index (κ1) is 14.2. The second-order valence-electron chi connectivity index (χ2n) is 6.40. The van der Waals surface area contributed by atoms with Gasteiger partial charge in [0.2, 0.25) is 0 Å². The summed E-state index contributed by atoms with van der Waals surface area (Å²) in [5.41, 5.74) is 0. The van der Waals surface area contributed by atoms with Crippen molar-refractivity contribution in [3.8, 4) is 0 Å². The summed E-state index contributed by atoms with van der Waals surface area (Å²) in [7, 11) is 0. The van der Waals surface area contributed by atoms with Gasteiger partial charge >= 0.3 is 0 Å². The Hall–Kier alpha value is -1.46. The number of anilines is 1. The molecule has 4 nitrogen and oxygen atoms in total. The highest BCUT2D eigenvalue weighted by atomic mass is 32.1. The largest absolute Gasteiger partial charge is 0.349 e. The maximum absolute atomic E-state index is 4.50. The molecule has 1 unspecified atom stereocenters. The van der Waals surface area contributed by atoms with E-state index < -0.39 is 0 Å². The van der Waals surface area contributed by atoms with Crippen molar-refractivity contribution in [2.24, 2.45) is 0 Å². The van der Waals surface area contributed by atoms with Crippen LogP contribution < -0.4 is 4.90 Å². The van der Waals surface area contributed by atoms with E-state index in [9.17, 15) is 0 Å². The number of thiophene rings is 1. The molecule has 116 valence electrons. The predicted octanol–water partition coefficient (Wildman–Crippen LogP) is 3.09. The molecular weight excluding hydrogens is 292 g/mol. The van der Waals surface area contributed by atoms with Gasteiger partial charge < -0.3 is 4.90 Å². The van der Waals surface area contributed by atoms with E-state index in [-0.39, 0.29) is 0 Å². The molecule has 22 heavy (non-hydrogen) atoms. The maximum atomic E-state index is 4.50. The van der Waals surface area contributed by atoms with Crippen LogP contribution in [0.15, 0.2) is 30.7 Å². The molecule has 2 aromatic heterocycles. The summed E-state index contributed by atoms with van der Waals surface area (Å²) in [6.07, 6.45) is 7.39. The molecule has 1 atom stereocenters. The Morgan fingerprint density at radius 1 is 1.23 bits per heavy atom. The second kappa shape index (κ2) is 5.97. The van der Waals surface area contributed by atoms with E-state index in [0.717, 1.165) is 18.9 Å². The van der Waals surface area contributed by atoms with Crippen LogP contribution in [0.2, 0.25) is 0 Å². The first-order chi connectivity index (χ1) is 10.8. The standard InChI is InChI=1S/C17H22N4S/c1-13-2-5-16(22-13)11-20-9-7-15(10-20)21(14-3-4-14)17-6-8-18-12-19-17/h2,5-6,8,12,14-15H,3-4,7,9-11H2,1H3. The summed E-state index contributed by atoms with van der Waals surface area (Å²) >= 11 is 1.92. The zero-order chi connectivity index (χ0) is 14.9. The lowest BCUT2D eigenvalue weighted by Gasteiger charge is -2.30. The fraction of sp³-hybridized carbons (Fsp3) is 0.529. The zero-order valence-electron chi connectivity index (χ0n) is 13.0. The number of rotatable bonds is 5. The van der Waals surface area contributed by atoms with E-state index in [1.807, 2.05) is 17.5 Å². The molecule has 0 aromatic carbocycles. The summed E-state index contributed by atoms with van der Waals surface area (Å²) in [5.74, 6) is 1.11. The normalized spacial score (nSPS) is 22.1. The van der Waals surface area contributed by atoms with Gasteiger partial charge in [0.25, 0.3) is 0 Å². The van der Waals surface area contributed by atoms with Crippen LogP contribution in [0, 0.1) is 6.92 Å². The quantitative estimate of drug-likeness (QED) is 0.849. The second-order valence-corrected chi connectivity index (χ2v) is 7.77. The molecule has 1 aliphatic carbocycles. The topological polar surface area (TPSA) is 32.3 Å². The smallest absolute Gasteiger partial charge is 0.132 e. The summed E-state index contributed by atoms with van der Waals surface area (Å²) in [6, 6.07) is 7.86. The van der Waals surface area contributed by atoms with Gasteiger partial charge in [0.05, 0.1) is 0 Å². The molecule has 2 aromatic rings. The Labute approximate surface area is 135 Å². The van der Waals surface area contributed by atoms with Crippen LogP contribution in [0.1, 0.15) is 29.0 Å². The van der Waals surface area contributed by atoms with E-state index in [2.05, 4.69) is 44.9 Å². The molecule has 5 heteroatoms. The van der Waals surface area contributed by atoms with Gasteiger partial charge in [0.15, 0.2) is 0 Å². The van der Waals surface area contributed by atoms with Crippen molar-refractivity contribution in [3.63, 3.8) is 0 Å². The first-order valence-corrected chi connectivity index (χ1v) is 8.93. The molecular formula is C17H22N4S. The summed E-state index contributed by atoms with van der Waals surface area (Å²) in [6.45, 7) is 5.62. The van der Waals surface area contributed by atoms with Crippen LogP contribution in [0.5, 0.6) is 0 Å². The number of nitrogens with zero attached hydrogens (tertiary/aromatic N) is 4. The Morgan fingerprint density at radius 3 is 2.82 bits per heavy atom. The van der Waals surface area contributed by atoms with Crippen molar-refractivity contribution in [3.05, 3.63) is 40.5 Å². The predicted molar refractivity (Wildman–Crippen MR) is 90.3 cm³/mol. The van der Waals surface area contributed by atoms with Gasteiger partial charge in [-0.2, -0.15) is 0 Å². The average Bonchev–Trinajstić information content (AvgIpc) is 3.12. The summed E-state index contributed by atoms with van der Waals surface area (Å²) < 4.78 is 0. The van der Waals surface area contributed by atoms with E-state index >= 15 is 0 Å². The van der Waals surface area contributed by atoms with E-state index in [4.69, 9.17) is 0 Å². The first-order valence-electron chi connectivity index (χ1n) is 8.11. The number of aryl methyl sites for hydroxylation is 1. The van der Waals surface area contributed by atoms with Crippen LogP contribution >= 0.6 is 11.3 Å². The number of hydrogen-bond donors (Lipinski definition) is 0. The van der Waals surface area contributed by atoms with Gasteiger partial charge in [-0.3, -0.25) is 4.90 Å². The number of aromatic nitrogens is 2. The molecule has 0 amide bonds. The molecule has 0 spiro atoms. The Morgan fingerprint density at radius 2 is 2.14 bits per heavy atom. The number of hydrogen-bond acceptors (Lipinski definition) is 5. The monoisotopic (exact) mass is 314 g/mol. The minimum absolute atomic E-state index is 0.600. The summed E-state index contributed by atoms with van der Waals surface area (Å²) in [5, 5.41) is 0. The van der Waals surface area contributed by atoms with Crippen molar-refractivity contribution < 1.29 is 0 Å². The highest BCUT2D eigenvalue weighted by molar-refractivity contribution is 7.11. The Bertz CT molecular complexity index is 623. The third-order valence-corrected chi connectivity index (χ3v) is 5.57. The highest BCUT2D eigenvalue weighted by Crippen LogP contribution is 2.35. The molecule has 0 radical (unpaired) electrons. The summed E-state index contributed by atoms with van der Waals surface area (Å²) in [4.78, 5) is 16.6. The van der Waals surface area contributed by atoms with Crippen LogP contribution in [0.3, 0.4) is 0 Å². The van der Waals surface area contributed by atoms with E-state index in [1.165, 1.54) is 35.6 Å². The van der Waals surface area contributed by atoms with Crippen molar-refractivity contribution >= 4 is 17.2 Å². The van der Waals surface area contributed by atoms with Gasteiger partial charge in [-0.05, 0) is 44.4 Å². The average molecular weight is 314 g/mol. The van der Waals surface area contributed by atoms with Crippen molar-refractivity contribution in [1.82, 2.24) is 14.9 Å². The third-order valence-electron chi connectivity index (χ3n) is 4.59. The van der Waals surface area contributed by atoms with Crippen LogP contribution in [0.4, 0.5) is 5.82 Å². The van der Waals surface area contributed by atoms with Gasteiger partial charge in [-0.25, -0.2) is 9.97 Å². The Kier molecular flexibility index (Phi) is 3.84. The molecule has 3 heterocycles. The van der Waals surface area contributed by atoms with Crippen LogP contribution in [0.25, 0.3) is 0 Å². The lowest BCUT2D eigenvalue weighted by Crippen LogP contribution is -2.39. The minimum atomic E-state index is 0.600. The number of likely N-dealkylation sites (tertiary alicyclic amines) is 1. The fourth-order valence-corrected chi connectivity index (χ4v) is 4.37. The molecule has 4 rings (SSSR count). The molecule has 1 saturated carbocycles. The van der Waals surface area contributed by atoms with E-state index in [1.54, 1.807) is 6.33 Å². The molecule has 0 N–H and O–H groups in total. The van der Waals surface area contributed by atoms with Gasteiger partial charge in [0.1, 0.15) is 12.1 Å². The fourth-order valence-electron chi connectivity index (χ4n) is 3.43. The molecule has 2 aliphatic rings. The zero-order valence-corrected chi connectivity index (χ0v) is 13.8. The maximum Gasteiger partial charge on any atom is 0.132 e. The van der Waals surface area contributed by atoms with Gasteiger partial charge in [-0.1, -0.05) is 0 Å². The Balaban J connectivity index is 1.44. The lowest BCUT2D eigenvalue weighted by atomic mass is 10.2. The van der Waals surface area contributed by atoms with Crippen LogP contribution in [-0.4, -0.2) is 40.0 Å². The van der Waals surface area contributed by atoms with Gasteiger partial charge in [0, 0.05) is 47.7 Å². The lowest BCUT2D eigenvalue weighted by molar-refractivity contribution is 0.327. The molecule has 2 fully saturated rings.